The molecule has 0 fully saturated rings. The number of oxime groups is 1. The normalized spacial score (nSPS) is 13.1. The number of rotatable bonds is 6. The molecule has 2 aromatic carbocycles. The Morgan fingerprint density at radius 2 is 1.91 bits per heavy atom. The largest absolute Gasteiger partial charge is 0.506 e. The van der Waals surface area contributed by atoms with Crippen molar-refractivity contribution in [1.29, 1.82) is 0 Å². The number of aromatic hydroxyl groups is 1. The second-order valence-corrected chi connectivity index (χ2v) is 8.06. The van der Waals surface area contributed by atoms with Gasteiger partial charge in [0, 0.05) is 17.7 Å². The third-order valence-corrected chi connectivity index (χ3v) is 5.45. The van der Waals surface area contributed by atoms with Gasteiger partial charge in [-0.25, -0.2) is 18.6 Å². The molecule has 170 valence electrons. The van der Waals surface area contributed by atoms with Gasteiger partial charge in [0.1, 0.15) is 29.6 Å². The van der Waals surface area contributed by atoms with Crippen LogP contribution in [0.5, 0.6) is 11.5 Å². The number of halogens is 2. The van der Waals surface area contributed by atoms with Crippen LogP contribution in [0.15, 0.2) is 41.6 Å². The highest BCUT2D eigenvalue weighted by Crippen LogP contribution is 2.32. The van der Waals surface area contributed by atoms with E-state index in [-0.39, 0.29) is 30.2 Å². The van der Waals surface area contributed by atoms with Crippen molar-refractivity contribution in [3.05, 3.63) is 76.0 Å². The van der Waals surface area contributed by atoms with Gasteiger partial charge in [-0.05, 0) is 79.4 Å². The van der Waals surface area contributed by atoms with Gasteiger partial charge in [-0.1, -0.05) is 5.16 Å². The van der Waals surface area contributed by atoms with Crippen molar-refractivity contribution < 1.29 is 28.3 Å². The minimum Gasteiger partial charge on any atom is -0.506 e. The van der Waals surface area contributed by atoms with Gasteiger partial charge in [-0.2, -0.15) is 0 Å². The first kappa shape index (κ1) is 22.4. The molecule has 1 aliphatic heterocycles. The van der Waals surface area contributed by atoms with E-state index in [1.165, 1.54) is 18.2 Å². The predicted octanol–water partition coefficient (Wildman–Crippen LogP) is 4.93. The highest BCUT2D eigenvalue weighted by molar-refractivity contribution is 6.02. The topological polar surface area (TPSA) is 81.0 Å². The molecule has 8 heteroatoms. The minimum absolute atomic E-state index is 0.0252. The summed E-state index contributed by atoms with van der Waals surface area (Å²) >= 11 is 0. The average Bonchev–Trinajstić information content (AvgIpc) is 3.18. The Kier molecular flexibility index (Phi) is 6.09. The Morgan fingerprint density at radius 1 is 1.12 bits per heavy atom. The molecular formula is C25H22F2N2O4. The molecule has 0 spiro atoms. The van der Waals surface area contributed by atoms with Gasteiger partial charge in [-0.3, -0.25) is 0 Å². The standard InChI is InChI=1S/C25H22F2N2O4/c1-13-6-16(9-17(26)7-13)25-21(30)5-4-18(28-25)10-20-14(2)8-22(24(27)15(20)3)32-12-19-11-23(31)33-29-19/h4-9,30H,10-12H2,1-3H3. The number of benzene rings is 2. The van der Waals surface area contributed by atoms with Crippen LogP contribution in [-0.4, -0.2) is 28.4 Å². The molecule has 3 aromatic rings. The van der Waals surface area contributed by atoms with Gasteiger partial charge >= 0.3 is 5.97 Å². The van der Waals surface area contributed by atoms with E-state index in [1.54, 1.807) is 32.0 Å². The van der Waals surface area contributed by atoms with Crippen molar-refractivity contribution in [2.24, 2.45) is 5.16 Å². The number of carbonyl (C=O) groups excluding carboxylic acids is 1. The zero-order valence-corrected chi connectivity index (χ0v) is 18.4. The number of pyridine rings is 1. The Bertz CT molecular complexity index is 1270. The second-order valence-electron chi connectivity index (χ2n) is 8.06. The maximum Gasteiger partial charge on any atom is 0.340 e. The maximum absolute atomic E-state index is 15.0. The molecule has 0 atom stereocenters. The van der Waals surface area contributed by atoms with Crippen LogP contribution in [0.4, 0.5) is 8.78 Å². The lowest BCUT2D eigenvalue weighted by molar-refractivity contribution is -0.140. The van der Waals surface area contributed by atoms with Gasteiger partial charge in [0.05, 0.1) is 6.42 Å². The molecule has 2 heterocycles. The summed E-state index contributed by atoms with van der Waals surface area (Å²) in [5, 5.41) is 13.9. The number of nitrogens with zero attached hydrogens (tertiary/aromatic N) is 2. The number of hydrogen-bond donors (Lipinski definition) is 1. The van der Waals surface area contributed by atoms with Crippen LogP contribution < -0.4 is 4.74 Å². The first-order chi connectivity index (χ1) is 15.7. The van der Waals surface area contributed by atoms with Crippen molar-refractivity contribution in [1.82, 2.24) is 4.98 Å². The van der Waals surface area contributed by atoms with Gasteiger partial charge in [0.2, 0.25) is 0 Å². The zero-order chi connectivity index (χ0) is 23.7. The molecule has 0 amide bonds. The van der Waals surface area contributed by atoms with Crippen LogP contribution in [0.1, 0.15) is 34.4 Å². The van der Waals surface area contributed by atoms with E-state index in [9.17, 15) is 14.3 Å². The monoisotopic (exact) mass is 452 g/mol. The summed E-state index contributed by atoms with van der Waals surface area (Å²) in [5.74, 6) is -1.40. The molecule has 4 rings (SSSR count). The summed E-state index contributed by atoms with van der Waals surface area (Å²) in [6.07, 6.45) is 0.336. The van der Waals surface area contributed by atoms with E-state index in [0.717, 1.165) is 11.1 Å². The van der Waals surface area contributed by atoms with Gasteiger partial charge < -0.3 is 14.7 Å². The van der Waals surface area contributed by atoms with Crippen LogP contribution in [-0.2, 0) is 16.1 Å². The van der Waals surface area contributed by atoms with E-state index in [4.69, 9.17) is 4.74 Å². The van der Waals surface area contributed by atoms with Crippen LogP contribution in [0.2, 0.25) is 0 Å². The molecule has 0 radical (unpaired) electrons. The molecule has 0 bridgehead atoms. The van der Waals surface area contributed by atoms with Crippen molar-refractivity contribution >= 4 is 11.7 Å². The van der Waals surface area contributed by atoms with Crippen molar-refractivity contribution in [2.45, 2.75) is 33.6 Å². The Morgan fingerprint density at radius 3 is 2.61 bits per heavy atom. The Balaban J connectivity index is 1.60. The quantitative estimate of drug-likeness (QED) is 0.537. The number of aromatic nitrogens is 1. The van der Waals surface area contributed by atoms with Crippen LogP contribution in [0.3, 0.4) is 0 Å². The molecule has 1 aliphatic rings. The smallest absolute Gasteiger partial charge is 0.340 e. The van der Waals surface area contributed by atoms with Crippen LogP contribution in [0.25, 0.3) is 11.3 Å². The summed E-state index contributed by atoms with van der Waals surface area (Å²) in [7, 11) is 0. The van der Waals surface area contributed by atoms with Crippen molar-refractivity contribution in [3.8, 4) is 22.8 Å². The maximum atomic E-state index is 15.0. The van der Waals surface area contributed by atoms with Gasteiger partial charge in [0.15, 0.2) is 11.6 Å². The second kappa shape index (κ2) is 8.97. The van der Waals surface area contributed by atoms with E-state index < -0.39 is 17.6 Å². The fourth-order valence-corrected chi connectivity index (χ4v) is 3.78. The third kappa shape index (κ3) is 4.84. The molecule has 6 nitrogen and oxygen atoms in total. The SMILES string of the molecule is Cc1cc(F)cc(-c2nc(Cc3c(C)cc(OCC4=NOC(=O)C4)c(F)c3C)ccc2O)c1. The summed E-state index contributed by atoms with van der Waals surface area (Å²) < 4.78 is 34.4. The van der Waals surface area contributed by atoms with Crippen LogP contribution >= 0.6 is 0 Å². The first-order valence-electron chi connectivity index (χ1n) is 10.3. The summed E-state index contributed by atoms with van der Waals surface area (Å²) in [5.41, 5.74) is 4.36. The minimum atomic E-state index is -0.513. The lowest BCUT2D eigenvalue weighted by Crippen LogP contribution is -2.12. The van der Waals surface area contributed by atoms with Crippen molar-refractivity contribution in [3.63, 3.8) is 0 Å². The van der Waals surface area contributed by atoms with Gasteiger partial charge in [0.25, 0.3) is 0 Å². The molecule has 1 aromatic heterocycles. The van der Waals surface area contributed by atoms with E-state index in [0.29, 0.717) is 34.5 Å². The fraction of sp³-hybridized carbons (Fsp3) is 0.240. The fourth-order valence-electron chi connectivity index (χ4n) is 3.78. The summed E-state index contributed by atoms with van der Waals surface area (Å²) in [4.78, 5) is 20.1. The Labute approximate surface area is 189 Å². The highest BCUT2D eigenvalue weighted by atomic mass is 19.1. The van der Waals surface area contributed by atoms with E-state index in [2.05, 4.69) is 15.0 Å². The zero-order valence-electron chi connectivity index (χ0n) is 18.4. The lowest BCUT2D eigenvalue weighted by Gasteiger charge is -2.15. The number of aryl methyl sites for hydroxylation is 2. The highest BCUT2D eigenvalue weighted by Gasteiger charge is 2.20. The predicted molar refractivity (Wildman–Crippen MR) is 118 cm³/mol. The van der Waals surface area contributed by atoms with E-state index >= 15 is 4.39 Å². The van der Waals surface area contributed by atoms with Gasteiger partial charge in [-0.15, -0.1) is 0 Å². The molecule has 0 aliphatic carbocycles. The number of hydrogen-bond acceptors (Lipinski definition) is 6. The van der Waals surface area contributed by atoms with Crippen molar-refractivity contribution in [2.75, 3.05) is 6.61 Å². The first-order valence-corrected chi connectivity index (χ1v) is 10.3. The molecule has 0 saturated carbocycles. The van der Waals surface area contributed by atoms with E-state index in [1.807, 2.05) is 6.92 Å². The Hall–Kier alpha value is -3.81. The average molecular weight is 452 g/mol. The lowest BCUT2D eigenvalue weighted by atomic mass is 9.96. The molecule has 0 unspecified atom stereocenters. The summed E-state index contributed by atoms with van der Waals surface area (Å²) in [6, 6.07) is 9.20. The molecule has 0 saturated heterocycles. The third-order valence-electron chi connectivity index (χ3n) is 5.45. The van der Waals surface area contributed by atoms with Crippen LogP contribution in [0, 0.1) is 32.4 Å². The number of carbonyl (C=O) groups is 1. The molecular weight excluding hydrogens is 430 g/mol. The molecule has 1 N–H and O–H groups in total. The summed E-state index contributed by atoms with van der Waals surface area (Å²) in [6.45, 7) is 5.21. The molecule has 33 heavy (non-hydrogen) atoms. The number of ether oxygens (including phenoxy) is 1.